The molecule has 0 unspecified atom stereocenters. The maximum Gasteiger partial charge on any atom is 0.350 e. The Morgan fingerprint density at radius 1 is 1.25 bits per heavy atom. The molecule has 1 aliphatic rings. The van der Waals surface area contributed by atoms with E-state index in [0.717, 1.165) is 19.3 Å². The lowest BCUT2D eigenvalue weighted by Crippen LogP contribution is -2.43. The highest BCUT2D eigenvalue weighted by Gasteiger charge is 2.34. The maximum absolute atomic E-state index is 12.1. The number of rotatable bonds is 5. The van der Waals surface area contributed by atoms with E-state index in [0.29, 0.717) is 12.8 Å². The first-order chi connectivity index (χ1) is 7.42. The summed E-state index contributed by atoms with van der Waals surface area (Å²) < 4.78 is 47.8. The van der Waals surface area contributed by atoms with Gasteiger partial charge in [0.05, 0.1) is 0 Å². The predicted octanol–water partition coefficient (Wildman–Crippen LogP) is 1.07. The topological polar surface area (TPSA) is 66.4 Å². The van der Waals surface area contributed by atoms with Gasteiger partial charge in [-0.15, -0.1) is 0 Å². The summed E-state index contributed by atoms with van der Waals surface area (Å²) in [6.45, 7) is -0.269. The molecule has 1 saturated carbocycles. The smallest absolute Gasteiger partial charge is 0.350 e. The van der Waals surface area contributed by atoms with Gasteiger partial charge < -0.3 is 5.11 Å². The minimum Gasteiger partial charge on any atom is -0.396 e. The molecule has 16 heavy (non-hydrogen) atoms. The number of sulfonamides is 1. The summed E-state index contributed by atoms with van der Waals surface area (Å²) in [5.41, 5.74) is -0.555. The fraction of sp³-hybridized carbons (Fsp3) is 1.00. The van der Waals surface area contributed by atoms with E-state index in [1.807, 2.05) is 4.72 Å². The minimum atomic E-state index is -4.54. The molecule has 0 aliphatic heterocycles. The lowest BCUT2D eigenvalue weighted by Gasteiger charge is -2.35. The van der Waals surface area contributed by atoms with Gasteiger partial charge in [-0.25, -0.2) is 13.1 Å². The van der Waals surface area contributed by atoms with Crippen molar-refractivity contribution in [2.24, 2.45) is 5.41 Å². The molecule has 0 aromatic carbocycles. The average molecular weight is 257 g/mol. The van der Waals surface area contributed by atoms with Gasteiger partial charge in [-0.05, 0) is 12.8 Å². The van der Waals surface area contributed by atoms with Crippen molar-refractivity contribution in [3.05, 3.63) is 0 Å². The second kappa shape index (κ2) is 5.37. The van der Waals surface area contributed by atoms with Crippen LogP contribution in [-0.2, 0) is 10.0 Å². The largest absolute Gasteiger partial charge is 0.396 e. The minimum absolute atomic E-state index is 0.101. The third kappa shape index (κ3) is 3.36. The van der Waals surface area contributed by atoms with Gasteiger partial charge in [0, 0.05) is 18.6 Å². The van der Waals surface area contributed by atoms with E-state index in [4.69, 9.17) is 0 Å². The van der Waals surface area contributed by atoms with Crippen molar-refractivity contribution < 1.29 is 22.3 Å². The van der Waals surface area contributed by atoms with Crippen LogP contribution in [0.15, 0.2) is 0 Å². The van der Waals surface area contributed by atoms with Crippen molar-refractivity contribution in [3.8, 4) is 0 Å². The molecule has 1 aliphatic carbocycles. The SMILES string of the molecule is O=S(=O)(NCC1(CO)CCCCC1)C(F)F. The molecule has 0 aromatic heterocycles. The number of hydrogen-bond acceptors (Lipinski definition) is 3. The normalized spacial score (nSPS) is 21.2. The summed E-state index contributed by atoms with van der Waals surface area (Å²) in [6.07, 6.45) is 4.20. The molecule has 1 rings (SSSR count). The first kappa shape index (κ1) is 13.8. The van der Waals surface area contributed by atoms with Crippen molar-refractivity contribution >= 4 is 10.0 Å². The first-order valence-corrected chi connectivity index (χ1v) is 6.84. The van der Waals surface area contributed by atoms with Crippen molar-refractivity contribution in [2.75, 3.05) is 13.2 Å². The molecule has 2 N–H and O–H groups in total. The standard InChI is InChI=1S/C9H17F2NO3S/c10-8(11)16(14,15)12-6-9(7-13)4-2-1-3-5-9/h8,12-13H,1-7H2. The molecule has 0 spiro atoms. The van der Waals surface area contributed by atoms with Gasteiger partial charge in [0.1, 0.15) is 0 Å². The molecule has 0 aromatic rings. The Kier molecular flexibility index (Phi) is 4.63. The number of nitrogens with one attached hydrogen (secondary N) is 1. The zero-order chi connectivity index (χ0) is 12.2. The first-order valence-electron chi connectivity index (χ1n) is 5.29. The van der Waals surface area contributed by atoms with Crippen LogP contribution in [0.4, 0.5) is 8.78 Å². The number of aliphatic hydroxyl groups is 1. The van der Waals surface area contributed by atoms with Gasteiger partial charge in [-0.3, -0.25) is 0 Å². The summed E-state index contributed by atoms with van der Waals surface area (Å²) >= 11 is 0. The van der Waals surface area contributed by atoms with Crippen LogP contribution in [0.25, 0.3) is 0 Å². The summed E-state index contributed by atoms with van der Waals surface area (Å²) in [5.74, 6) is -3.41. The van der Waals surface area contributed by atoms with E-state index in [9.17, 15) is 22.3 Å². The highest BCUT2D eigenvalue weighted by atomic mass is 32.2. The maximum atomic E-state index is 12.1. The van der Waals surface area contributed by atoms with Crippen molar-refractivity contribution in [1.82, 2.24) is 4.72 Å². The van der Waals surface area contributed by atoms with Crippen LogP contribution in [0.2, 0.25) is 0 Å². The summed E-state index contributed by atoms with van der Waals surface area (Å²) in [5, 5.41) is 9.25. The van der Waals surface area contributed by atoms with Crippen LogP contribution < -0.4 is 4.72 Å². The quantitative estimate of drug-likeness (QED) is 0.774. The highest BCUT2D eigenvalue weighted by Crippen LogP contribution is 2.35. The zero-order valence-electron chi connectivity index (χ0n) is 8.95. The van der Waals surface area contributed by atoms with E-state index in [-0.39, 0.29) is 13.2 Å². The van der Waals surface area contributed by atoms with Gasteiger partial charge in [0.15, 0.2) is 0 Å². The van der Waals surface area contributed by atoms with Crippen LogP contribution in [0.5, 0.6) is 0 Å². The molecule has 4 nitrogen and oxygen atoms in total. The fourth-order valence-corrected chi connectivity index (χ4v) is 2.64. The van der Waals surface area contributed by atoms with E-state index in [2.05, 4.69) is 0 Å². The Bertz CT molecular complexity index is 313. The monoisotopic (exact) mass is 257 g/mol. The molecule has 0 heterocycles. The summed E-state index contributed by atoms with van der Waals surface area (Å²) in [7, 11) is -4.54. The van der Waals surface area contributed by atoms with E-state index in [1.54, 1.807) is 0 Å². The molecule has 1 fully saturated rings. The Hall–Kier alpha value is -0.270. The Morgan fingerprint density at radius 2 is 1.81 bits per heavy atom. The van der Waals surface area contributed by atoms with Crippen LogP contribution in [0.3, 0.4) is 0 Å². The summed E-state index contributed by atoms with van der Waals surface area (Å²) in [6, 6.07) is 0. The molecule has 0 bridgehead atoms. The number of aliphatic hydroxyl groups excluding tert-OH is 1. The second-order valence-electron chi connectivity index (χ2n) is 4.35. The molecule has 0 amide bonds. The molecule has 96 valence electrons. The van der Waals surface area contributed by atoms with E-state index < -0.39 is 21.2 Å². The third-order valence-corrected chi connectivity index (χ3v) is 4.15. The summed E-state index contributed by atoms with van der Waals surface area (Å²) in [4.78, 5) is 0. The van der Waals surface area contributed by atoms with Crippen molar-refractivity contribution in [3.63, 3.8) is 0 Å². The molecular weight excluding hydrogens is 240 g/mol. The number of hydrogen-bond donors (Lipinski definition) is 2. The Labute approximate surface area is 94.1 Å². The Balaban J connectivity index is 2.58. The van der Waals surface area contributed by atoms with E-state index >= 15 is 0 Å². The second-order valence-corrected chi connectivity index (χ2v) is 6.08. The molecular formula is C9H17F2NO3S. The van der Waals surface area contributed by atoms with Gasteiger partial charge in [0.2, 0.25) is 0 Å². The van der Waals surface area contributed by atoms with Gasteiger partial charge in [-0.2, -0.15) is 8.78 Å². The van der Waals surface area contributed by atoms with Crippen LogP contribution in [0.1, 0.15) is 32.1 Å². The fourth-order valence-electron chi connectivity index (χ4n) is 2.01. The Morgan fingerprint density at radius 3 is 2.25 bits per heavy atom. The molecule has 0 saturated heterocycles. The molecule has 7 heteroatoms. The molecule has 0 radical (unpaired) electrons. The van der Waals surface area contributed by atoms with E-state index in [1.165, 1.54) is 0 Å². The number of halogens is 2. The zero-order valence-corrected chi connectivity index (χ0v) is 9.77. The van der Waals surface area contributed by atoms with Gasteiger partial charge in [-0.1, -0.05) is 19.3 Å². The third-order valence-electron chi connectivity index (χ3n) is 3.13. The number of alkyl halides is 2. The van der Waals surface area contributed by atoms with Gasteiger partial charge in [0.25, 0.3) is 10.0 Å². The lowest BCUT2D eigenvalue weighted by molar-refractivity contribution is 0.0861. The van der Waals surface area contributed by atoms with Crippen LogP contribution in [-0.4, -0.2) is 32.4 Å². The lowest BCUT2D eigenvalue weighted by atomic mass is 9.75. The highest BCUT2D eigenvalue weighted by molar-refractivity contribution is 7.89. The van der Waals surface area contributed by atoms with Crippen LogP contribution >= 0.6 is 0 Å². The predicted molar refractivity (Wildman–Crippen MR) is 55.5 cm³/mol. The van der Waals surface area contributed by atoms with Crippen molar-refractivity contribution in [1.29, 1.82) is 0 Å². The molecule has 0 atom stereocenters. The van der Waals surface area contributed by atoms with Gasteiger partial charge >= 0.3 is 5.76 Å². The average Bonchev–Trinajstić information content (AvgIpc) is 2.28. The van der Waals surface area contributed by atoms with Crippen LogP contribution in [0, 0.1) is 5.41 Å². The van der Waals surface area contributed by atoms with Crippen molar-refractivity contribution in [2.45, 2.75) is 37.9 Å².